The first-order chi connectivity index (χ1) is 8.72. The van der Waals surface area contributed by atoms with Crippen LogP contribution in [-0.2, 0) is 6.54 Å². The van der Waals surface area contributed by atoms with E-state index >= 15 is 0 Å². The van der Waals surface area contributed by atoms with Gasteiger partial charge in [0.2, 0.25) is 5.95 Å². The van der Waals surface area contributed by atoms with Gasteiger partial charge in [-0.3, -0.25) is 0 Å². The van der Waals surface area contributed by atoms with Crippen LogP contribution in [-0.4, -0.2) is 22.1 Å². The van der Waals surface area contributed by atoms with Gasteiger partial charge in [0.05, 0.1) is 5.69 Å². The summed E-state index contributed by atoms with van der Waals surface area (Å²) in [4.78, 5) is 9.18. The van der Waals surface area contributed by atoms with Crippen molar-refractivity contribution in [1.29, 1.82) is 0 Å². The SMILES string of the molecule is CC(C)NCc1cnc(NC2CC2)nc1C1CC1. The highest BCUT2D eigenvalue weighted by Crippen LogP contribution is 2.41. The molecule has 0 saturated heterocycles. The van der Waals surface area contributed by atoms with Crippen LogP contribution in [0.2, 0.25) is 0 Å². The molecule has 1 heterocycles. The Morgan fingerprint density at radius 3 is 2.67 bits per heavy atom. The van der Waals surface area contributed by atoms with Crippen LogP contribution in [0.1, 0.15) is 56.7 Å². The Bertz CT molecular complexity index is 422. The van der Waals surface area contributed by atoms with Crippen molar-refractivity contribution < 1.29 is 0 Å². The topological polar surface area (TPSA) is 49.8 Å². The van der Waals surface area contributed by atoms with E-state index < -0.39 is 0 Å². The maximum Gasteiger partial charge on any atom is 0.223 e. The summed E-state index contributed by atoms with van der Waals surface area (Å²) in [6, 6.07) is 1.12. The van der Waals surface area contributed by atoms with E-state index in [4.69, 9.17) is 4.98 Å². The van der Waals surface area contributed by atoms with Gasteiger partial charge in [0.1, 0.15) is 0 Å². The standard InChI is InChI=1S/C14H22N4/c1-9(2)15-7-11-8-16-14(17-12-5-6-12)18-13(11)10-3-4-10/h8-10,12,15H,3-7H2,1-2H3,(H,16,17,18). The van der Waals surface area contributed by atoms with Crippen LogP contribution in [0.4, 0.5) is 5.95 Å². The van der Waals surface area contributed by atoms with Gasteiger partial charge in [0.15, 0.2) is 0 Å². The Balaban J connectivity index is 1.74. The summed E-state index contributed by atoms with van der Waals surface area (Å²) >= 11 is 0. The molecule has 4 heteroatoms. The van der Waals surface area contributed by atoms with Gasteiger partial charge in [0, 0.05) is 36.3 Å². The Morgan fingerprint density at radius 2 is 2.06 bits per heavy atom. The van der Waals surface area contributed by atoms with Crippen LogP contribution in [0.5, 0.6) is 0 Å². The van der Waals surface area contributed by atoms with Gasteiger partial charge in [-0.05, 0) is 25.7 Å². The predicted molar refractivity (Wildman–Crippen MR) is 72.6 cm³/mol. The first kappa shape index (κ1) is 11.9. The number of nitrogens with zero attached hydrogens (tertiary/aromatic N) is 2. The lowest BCUT2D eigenvalue weighted by Gasteiger charge is -2.13. The van der Waals surface area contributed by atoms with Crippen LogP contribution in [0.3, 0.4) is 0 Å². The van der Waals surface area contributed by atoms with E-state index in [1.165, 1.54) is 36.9 Å². The van der Waals surface area contributed by atoms with Crippen LogP contribution in [0.25, 0.3) is 0 Å². The molecule has 0 bridgehead atoms. The molecule has 0 radical (unpaired) electrons. The quantitative estimate of drug-likeness (QED) is 0.809. The first-order valence-corrected chi connectivity index (χ1v) is 7.08. The molecule has 2 fully saturated rings. The van der Waals surface area contributed by atoms with Crippen molar-refractivity contribution in [3.63, 3.8) is 0 Å². The first-order valence-electron chi connectivity index (χ1n) is 7.08. The minimum Gasteiger partial charge on any atom is -0.351 e. The number of hydrogen-bond acceptors (Lipinski definition) is 4. The fraction of sp³-hybridized carbons (Fsp3) is 0.714. The van der Waals surface area contributed by atoms with E-state index in [0.29, 0.717) is 18.0 Å². The third kappa shape index (κ3) is 2.99. The van der Waals surface area contributed by atoms with E-state index in [0.717, 1.165) is 12.5 Å². The molecular formula is C14H22N4. The zero-order valence-corrected chi connectivity index (χ0v) is 11.2. The van der Waals surface area contributed by atoms with Gasteiger partial charge in [0.25, 0.3) is 0 Å². The Kier molecular flexibility index (Phi) is 3.20. The summed E-state index contributed by atoms with van der Waals surface area (Å²) in [6.07, 6.45) is 7.10. The summed E-state index contributed by atoms with van der Waals surface area (Å²) in [7, 11) is 0. The Labute approximate surface area is 109 Å². The lowest BCUT2D eigenvalue weighted by atomic mass is 10.1. The molecule has 0 spiro atoms. The molecule has 3 rings (SSSR count). The van der Waals surface area contributed by atoms with Crippen LogP contribution in [0.15, 0.2) is 6.20 Å². The van der Waals surface area contributed by atoms with Crippen molar-refractivity contribution in [2.24, 2.45) is 0 Å². The summed E-state index contributed by atoms with van der Waals surface area (Å²) < 4.78 is 0. The fourth-order valence-electron chi connectivity index (χ4n) is 2.06. The lowest BCUT2D eigenvalue weighted by Crippen LogP contribution is -2.23. The number of hydrogen-bond donors (Lipinski definition) is 2. The molecular weight excluding hydrogens is 224 g/mol. The van der Waals surface area contributed by atoms with E-state index in [-0.39, 0.29) is 0 Å². The average molecular weight is 246 g/mol. The summed E-state index contributed by atoms with van der Waals surface area (Å²) in [5, 5.41) is 6.85. The van der Waals surface area contributed by atoms with Gasteiger partial charge in [-0.2, -0.15) is 0 Å². The highest BCUT2D eigenvalue weighted by molar-refractivity contribution is 5.35. The molecule has 4 nitrogen and oxygen atoms in total. The second-order valence-corrected chi connectivity index (χ2v) is 5.83. The fourth-order valence-corrected chi connectivity index (χ4v) is 2.06. The minimum absolute atomic E-state index is 0.501. The molecule has 0 aliphatic heterocycles. The van der Waals surface area contributed by atoms with Crippen LogP contribution >= 0.6 is 0 Å². The van der Waals surface area contributed by atoms with Crippen molar-refractivity contribution in [1.82, 2.24) is 15.3 Å². The molecule has 0 atom stereocenters. The van der Waals surface area contributed by atoms with Gasteiger partial charge < -0.3 is 10.6 Å². The molecule has 2 aliphatic rings. The molecule has 1 aromatic heterocycles. The Hall–Kier alpha value is -1.16. The van der Waals surface area contributed by atoms with E-state index in [1.54, 1.807) is 0 Å². The molecule has 18 heavy (non-hydrogen) atoms. The maximum atomic E-state index is 4.73. The van der Waals surface area contributed by atoms with Crippen molar-refractivity contribution in [2.45, 2.75) is 64.1 Å². The normalized spacial score (nSPS) is 19.3. The van der Waals surface area contributed by atoms with E-state index in [9.17, 15) is 0 Å². The average Bonchev–Trinajstić information content (AvgIpc) is 3.20. The van der Waals surface area contributed by atoms with E-state index in [1.807, 2.05) is 6.20 Å². The number of nitrogens with one attached hydrogen (secondary N) is 2. The molecule has 2 N–H and O–H groups in total. The third-order valence-corrected chi connectivity index (χ3v) is 3.47. The molecule has 98 valence electrons. The maximum absolute atomic E-state index is 4.73. The number of anilines is 1. The Morgan fingerprint density at radius 1 is 1.28 bits per heavy atom. The molecule has 2 aliphatic carbocycles. The largest absolute Gasteiger partial charge is 0.351 e. The molecule has 0 unspecified atom stereocenters. The molecule has 0 aromatic carbocycles. The highest BCUT2D eigenvalue weighted by atomic mass is 15.1. The second-order valence-electron chi connectivity index (χ2n) is 5.83. The zero-order valence-electron chi connectivity index (χ0n) is 11.2. The lowest BCUT2D eigenvalue weighted by molar-refractivity contribution is 0.583. The number of aromatic nitrogens is 2. The van der Waals surface area contributed by atoms with Gasteiger partial charge in [-0.15, -0.1) is 0 Å². The predicted octanol–water partition coefficient (Wildman–Crippen LogP) is 2.43. The summed E-state index contributed by atoms with van der Waals surface area (Å²) in [5.41, 5.74) is 2.54. The third-order valence-electron chi connectivity index (χ3n) is 3.47. The molecule has 0 amide bonds. The monoisotopic (exact) mass is 246 g/mol. The minimum atomic E-state index is 0.501. The summed E-state index contributed by atoms with van der Waals surface area (Å²) in [6.45, 7) is 5.22. The van der Waals surface area contributed by atoms with Gasteiger partial charge >= 0.3 is 0 Å². The van der Waals surface area contributed by atoms with Crippen molar-refractivity contribution in [2.75, 3.05) is 5.32 Å². The van der Waals surface area contributed by atoms with Crippen molar-refractivity contribution in [3.8, 4) is 0 Å². The van der Waals surface area contributed by atoms with Crippen LogP contribution < -0.4 is 10.6 Å². The summed E-state index contributed by atoms with van der Waals surface area (Å²) in [5.74, 6) is 1.50. The van der Waals surface area contributed by atoms with Gasteiger partial charge in [-0.1, -0.05) is 13.8 Å². The molecule has 1 aromatic rings. The van der Waals surface area contributed by atoms with Gasteiger partial charge in [-0.25, -0.2) is 9.97 Å². The highest BCUT2D eigenvalue weighted by Gasteiger charge is 2.29. The zero-order chi connectivity index (χ0) is 12.5. The van der Waals surface area contributed by atoms with Crippen LogP contribution in [0, 0.1) is 0 Å². The molecule has 2 saturated carbocycles. The second kappa shape index (κ2) is 4.84. The number of rotatable bonds is 6. The smallest absolute Gasteiger partial charge is 0.223 e. The van der Waals surface area contributed by atoms with Crippen molar-refractivity contribution >= 4 is 5.95 Å². The van der Waals surface area contributed by atoms with Crippen molar-refractivity contribution in [3.05, 3.63) is 17.5 Å². The van der Waals surface area contributed by atoms with E-state index in [2.05, 4.69) is 29.5 Å².